The van der Waals surface area contributed by atoms with E-state index in [9.17, 15) is 9.59 Å². The molecule has 0 radical (unpaired) electrons. The normalized spacial score (nSPS) is 41.0. The Kier molecular flexibility index (Phi) is 2.68. The van der Waals surface area contributed by atoms with Crippen molar-refractivity contribution in [1.82, 2.24) is 5.32 Å². The summed E-state index contributed by atoms with van der Waals surface area (Å²) in [7, 11) is 0. The standard InChI is InChI=1S/C12H19NO3/c1-3-12(2)6-9(12)10(14)13-8-4-7(5-8)11(15)16/h7-9H,3-6H2,1-2H3,(H,13,14)(H,15,16). The van der Waals surface area contributed by atoms with Crippen LogP contribution in [0, 0.1) is 17.3 Å². The monoisotopic (exact) mass is 225 g/mol. The first-order valence-corrected chi connectivity index (χ1v) is 5.99. The van der Waals surface area contributed by atoms with Crippen LogP contribution in [0.2, 0.25) is 0 Å². The second kappa shape index (κ2) is 3.75. The van der Waals surface area contributed by atoms with E-state index < -0.39 is 5.97 Å². The summed E-state index contributed by atoms with van der Waals surface area (Å²) in [5.74, 6) is -0.711. The minimum Gasteiger partial charge on any atom is -0.481 e. The Morgan fingerprint density at radius 2 is 2.06 bits per heavy atom. The van der Waals surface area contributed by atoms with Crippen LogP contribution in [0.4, 0.5) is 0 Å². The van der Waals surface area contributed by atoms with E-state index in [0.29, 0.717) is 12.8 Å². The molecule has 16 heavy (non-hydrogen) atoms. The van der Waals surface area contributed by atoms with Crippen molar-refractivity contribution < 1.29 is 14.7 Å². The van der Waals surface area contributed by atoms with Crippen molar-refractivity contribution in [2.45, 2.75) is 45.6 Å². The zero-order valence-corrected chi connectivity index (χ0v) is 9.82. The van der Waals surface area contributed by atoms with Gasteiger partial charge in [-0.05, 0) is 31.1 Å². The van der Waals surface area contributed by atoms with Gasteiger partial charge in [-0.15, -0.1) is 0 Å². The topological polar surface area (TPSA) is 66.4 Å². The van der Waals surface area contributed by atoms with Gasteiger partial charge >= 0.3 is 5.97 Å². The highest BCUT2D eigenvalue weighted by molar-refractivity contribution is 5.83. The first-order chi connectivity index (χ1) is 7.46. The molecule has 2 fully saturated rings. The number of carboxylic acids is 1. The van der Waals surface area contributed by atoms with Crippen molar-refractivity contribution in [3.8, 4) is 0 Å². The summed E-state index contributed by atoms with van der Waals surface area (Å²) in [4.78, 5) is 22.4. The number of rotatable bonds is 4. The number of aliphatic carboxylic acids is 1. The van der Waals surface area contributed by atoms with Crippen LogP contribution in [-0.4, -0.2) is 23.0 Å². The number of carbonyl (C=O) groups excluding carboxylic acids is 1. The molecule has 0 heterocycles. The lowest BCUT2D eigenvalue weighted by Gasteiger charge is -2.33. The lowest BCUT2D eigenvalue weighted by atomic mass is 9.80. The molecule has 90 valence electrons. The molecule has 2 aliphatic rings. The molecule has 0 saturated heterocycles. The fraction of sp³-hybridized carbons (Fsp3) is 0.833. The predicted octanol–water partition coefficient (Wildman–Crippen LogP) is 1.40. The molecule has 0 aromatic heterocycles. The summed E-state index contributed by atoms with van der Waals surface area (Å²) >= 11 is 0. The van der Waals surface area contributed by atoms with Crippen LogP contribution < -0.4 is 5.32 Å². The Hall–Kier alpha value is -1.06. The first-order valence-electron chi connectivity index (χ1n) is 5.99. The molecule has 2 atom stereocenters. The maximum atomic E-state index is 11.8. The molecule has 4 nitrogen and oxygen atoms in total. The molecule has 4 heteroatoms. The summed E-state index contributed by atoms with van der Waals surface area (Å²) in [6.45, 7) is 4.25. The number of hydrogen-bond acceptors (Lipinski definition) is 2. The lowest BCUT2D eigenvalue weighted by molar-refractivity contribution is -0.146. The highest BCUT2D eigenvalue weighted by atomic mass is 16.4. The van der Waals surface area contributed by atoms with Crippen molar-refractivity contribution >= 4 is 11.9 Å². The number of carboxylic acid groups (broad SMARTS) is 1. The maximum absolute atomic E-state index is 11.8. The zero-order chi connectivity index (χ0) is 11.9. The smallest absolute Gasteiger partial charge is 0.306 e. The minimum absolute atomic E-state index is 0.0929. The van der Waals surface area contributed by atoms with E-state index in [1.54, 1.807) is 0 Å². The molecular formula is C12H19NO3. The largest absolute Gasteiger partial charge is 0.481 e. The highest BCUT2D eigenvalue weighted by Crippen LogP contribution is 2.54. The van der Waals surface area contributed by atoms with Gasteiger partial charge in [-0.3, -0.25) is 9.59 Å². The second-order valence-corrected chi connectivity index (χ2v) is 5.48. The molecule has 2 rings (SSSR count). The van der Waals surface area contributed by atoms with Gasteiger partial charge in [0.05, 0.1) is 5.92 Å². The Morgan fingerprint density at radius 1 is 1.44 bits per heavy atom. The van der Waals surface area contributed by atoms with Crippen LogP contribution in [0.5, 0.6) is 0 Å². The third kappa shape index (κ3) is 1.93. The Morgan fingerprint density at radius 3 is 2.50 bits per heavy atom. The third-order valence-electron chi connectivity index (χ3n) is 4.31. The minimum atomic E-state index is -0.740. The van der Waals surface area contributed by atoms with Crippen LogP contribution in [0.1, 0.15) is 39.5 Å². The summed E-state index contributed by atoms with van der Waals surface area (Å²) in [6, 6.07) is 0.0929. The SMILES string of the molecule is CCC1(C)CC1C(=O)NC1CC(C(=O)O)C1. The van der Waals surface area contributed by atoms with Crippen molar-refractivity contribution in [1.29, 1.82) is 0 Å². The Labute approximate surface area is 95.4 Å². The fourth-order valence-corrected chi connectivity index (χ4v) is 2.45. The quantitative estimate of drug-likeness (QED) is 0.760. The number of nitrogens with one attached hydrogen (secondary N) is 1. The van der Waals surface area contributed by atoms with Crippen LogP contribution in [0.3, 0.4) is 0 Å². The number of amides is 1. The van der Waals surface area contributed by atoms with Crippen molar-refractivity contribution in [2.75, 3.05) is 0 Å². The highest BCUT2D eigenvalue weighted by Gasteiger charge is 2.53. The molecule has 2 unspecified atom stereocenters. The van der Waals surface area contributed by atoms with Gasteiger partial charge in [0.15, 0.2) is 0 Å². The van der Waals surface area contributed by atoms with Gasteiger partial charge in [-0.2, -0.15) is 0 Å². The van der Waals surface area contributed by atoms with Gasteiger partial charge in [0.25, 0.3) is 0 Å². The third-order valence-corrected chi connectivity index (χ3v) is 4.31. The van der Waals surface area contributed by atoms with Crippen LogP contribution in [-0.2, 0) is 9.59 Å². The van der Waals surface area contributed by atoms with E-state index in [2.05, 4.69) is 19.2 Å². The van der Waals surface area contributed by atoms with Gasteiger partial charge in [-0.1, -0.05) is 13.8 Å². The average Bonchev–Trinajstić information content (AvgIpc) is 2.84. The van der Waals surface area contributed by atoms with E-state index in [0.717, 1.165) is 12.8 Å². The molecular weight excluding hydrogens is 206 g/mol. The summed E-state index contributed by atoms with van der Waals surface area (Å²) in [6.07, 6.45) is 3.20. The van der Waals surface area contributed by atoms with Crippen LogP contribution in [0.15, 0.2) is 0 Å². The second-order valence-electron chi connectivity index (χ2n) is 5.48. The van der Waals surface area contributed by atoms with Crippen LogP contribution in [0.25, 0.3) is 0 Å². The Balaban J connectivity index is 1.73. The van der Waals surface area contributed by atoms with Crippen molar-refractivity contribution in [3.05, 3.63) is 0 Å². The van der Waals surface area contributed by atoms with Crippen LogP contribution >= 0.6 is 0 Å². The maximum Gasteiger partial charge on any atom is 0.306 e. The van der Waals surface area contributed by atoms with Gasteiger partial charge < -0.3 is 10.4 Å². The number of carbonyl (C=O) groups is 2. The summed E-state index contributed by atoms with van der Waals surface area (Å²) < 4.78 is 0. The molecule has 0 bridgehead atoms. The van der Waals surface area contributed by atoms with Crippen molar-refractivity contribution in [2.24, 2.45) is 17.3 Å². The first kappa shape index (κ1) is 11.4. The molecule has 0 spiro atoms. The predicted molar refractivity (Wildman–Crippen MR) is 58.8 cm³/mol. The van der Waals surface area contributed by atoms with Gasteiger partial charge in [0.1, 0.15) is 0 Å². The van der Waals surface area contributed by atoms with Gasteiger partial charge in [0, 0.05) is 12.0 Å². The van der Waals surface area contributed by atoms with E-state index >= 15 is 0 Å². The van der Waals surface area contributed by atoms with Gasteiger partial charge in [-0.25, -0.2) is 0 Å². The zero-order valence-electron chi connectivity index (χ0n) is 9.82. The van der Waals surface area contributed by atoms with Crippen molar-refractivity contribution in [3.63, 3.8) is 0 Å². The van der Waals surface area contributed by atoms with E-state index in [1.165, 1.54) is 0 Å². The molecule has 2 aliphatic carbocycles. The molecule has 0 aromatic carbocycles. The molecule has 0 aliphatic heterocycles. The number of hydrogen-bond donors (Lipinski definition) is 2. The average molecular weight is 225 g/mol. The summed E-state index contributed by atoms with van der Waals surface area (Å²) in [5.41, 5.74) is 0.194. The Bertz CT molecular complexity index is 322. The molecule has 2 saturated carbocycles. The van der Waals surface area contributed by atoms with Gasteiger partial charge in [0.2, 0.25) is 5.91 Å². The summed E-state index contributed by atoms with van der Waals surface area (Å²) in [5, 5.41) is 11.7. The molecule has 0 aromatic rings. The van der Waals surface area contributed by atoms with E-state index in [4.69, 9.17) is 5.11 Å². The van der Waals surface area contributed by atoms with E-state index in [-0.39, 0.29) is 29.2 Å². The molecule has 2 N–H and O–H groups in total. The molecule has 1 amide bonds. The fourth-order valence-electron chi connectivity index (χ4n) is 2.45. The van der Waals surface area contributed by atoms with E-state index in [1.807, 2.05) is 0 Å². The lowest BCUT2D eigenvalue weighted by Crippen LogP contribution is -2.47.